The van der Waals surface area contributed by atoms with Gasteiger partial charge in [0.15, 0.2) is 12.1 Å². The molecular weight excluding hydrogens is 380 g/mol. The zero-order valence-electron chi connectivity index (χ0n) is 14.8. The molecule has 1 aromatic rings. The summed E-state index contributed by atoms with van der Waals surface area (Å²) in [5.41, 5.74) is -0.784. The number of rotatable bonds is 4. The lowest BCUT2D eigenvalue weighted by molar-refractivity contribution is -0.371. The van der Waals surface area contributed by atoms with Crippen LogP contribution in [0.5, 0.6) is 17.2 Å². The van der Waals surface area contributed by atoms with Crippen molar-refractivity contribution in [1.82, 2.24) is 0 Å². The number of fused-ring (bicyclic) bond motifs is 1. The number of ether oxygens (including phenoxy) is 3. The maximum Gasteiger partial charge on any atom is 0.187 e. The van der Waals surface area contributed by atoms with Crippen molar-refractivity contribution in [2.24, 2.45) is 0 Å². The molecule has 0 aliphatic carbocycles. The van der Waals surface area contributed by atoms with Gasteiger partial charge in [-0.15, -0.1) is 0 Å². The number of aliphatic hydroxyl groups is 4. The minimum absolute atomic E-state index is 0.328. The number of phenolic OH excluding ortho intramolecular Hbond substituents is 3. The molecule has 2 saturated heterocycles. The molecule has 0 amide bonds. The largest absolute Gasteiger partial charge is 0.507 e. The highest BCUT2D eigenvalue weighted by atomic mass is 16.7. The Morgan fingerprint density at radius 3 is 2.18 bits per heavy atom. The van der Waals surface area contributed by atoms with E-state index in [0.29, 0.717) is 0 Å². The summed E-state index contributed by atoms with van der Waals surface area (Å²) in [5.74, 6) is -2.71. The predicted molar refractivity (Wildman–Crippen MR) is 88.8 cm³/mol. The molecule has 0 bridgehead atoms. The van der Waals surface area contributed by atoms with Crippen LogP contribution in [0, 0.1) is 0 Å². The van der Waals surface area contributed by atoms with E-state index >= 15 is 0 Å². The Morgan fingerprint density at radius 1 is 0.964 bits per heavy atom. The van der Waals surface area contributed by atoms with Gasteiger partial charge >= 0.3 is 0 Å². The van der Waals surface area contributed by atoms with Gasteiger partial charge in [-0.25, -0.2) is 0 Å². The summed E-state index contributed by atoms with van der Waals surface area (Å²) in [6.07, 6.45) is -9.27. The zero-order chi connectivity index (χ0) is 20.7. The van der Waals surface area contributed by atoms with Crippen molar-refractivity contribution in [2.75, 3.05) is 13.2 Å². The highest BCUT2D eigenvalue weighted by Crippen LogP contribution is 2.47. The first-order valence-corrected chi connectivity index (χ1v) is 8.54. The van der Waals surface area contributed by atoms with Gasteiger partial charge in [0.25, 0.3) is 0 Å². The van der Waals surface area contributed by atoms with E-state index in [4.69, 9.17) is 14.2 Å². The minimum atomic E-state index is -1.50. The molecule has 1 aromatic carbocycles. The SMILES string of the molecule is CC(=O)c1c(O)cc(O)c(C2OC3OC(CO)C(O)C(O)C3OC2CO)c1O. The highest BCUT2D eigenvalue weighted by Gasteiger charge is 2.52. The summed E-state index contributed by atoms with van der Waals surface area (Å²) >= 11 is 0. The van der Waals surface area contributed by atoms with E-state index in [1.807, 2.05) is 0 Å². The number of phenols is 3. The number of carbonyl (C=O) groups excluding carboxylic acids is 1. The van der Waals surface area contributed by atoms with Gasteiger partial charge in [0, 0.05) is 6.07 Å². The van der Waals surface area contributed by atoms with Crippen LogP contribution in [-0.4, -0.2) is 91.6 Å². The average Bonchev–Trinajstić information content (AvgIpc) is 2.63. The number of ketones is 1. The van der Waals surface area contributed by atoms with Crippen LogP contribution in [0.2, 0.25) is 0 Å². The van der Waals surface area contributed by atoms with Crippen molar-refractivity contribution in [3.63, 3.8) is 0 Å². The molecule has 7 N–H and O–H groups in total. The van der Waals surface area contributed by atoms with E-state index in [1.165, 1.54) is 0 Å². The van der Waals surface area contributed by atoms with Crippen LogP contribution in [0.25, 0.3) is 0 Å². The molecule has 2 fully saturated rings. The lowest BCUT2D eigenvalue weighted by atomic mass is 9.93. The summed E-state index contributed by atoms with van der Waals surface area (Å²) in [5, 5.41) is 69.6. The number of hydrogen-bond acceptors (Lipinski definition) is 11. The van der Waals surface area contributed by atoms with Crippen molar-refractivity contribution in [1.29, 1.82) is 0 Å². The Kier molecular flexibility index (Phi) is 5.77. The molecule has 2 heterocycles. The Labute approximate surface area is 158 Å². The van der Waals surface area contributed by atoms with Crippen LogP contribution in [-0.2, 0) is 14.2 Å². The molecule has 0 spiro atoms. The summed E-state index contributed by atoms with van der Waals surface area (Å²) in [6, 6.07) is 0.840. The third kappa shape index (κ3) is 3.31. The van der Waals surface area contributed by atoms with Crippen molar-refractivity contribution >= 4 is 5.78 Å². The summed E-state index contributed by atoms with van der Waals surface area (Å²) in [4.78, 5) is 11.7. The normalized spacial score (nSPS) is 35.4. The number of hydrogen-bond donors (Lipinski definition) is 7. The van der Waals surface area contributed by atoms with Gasteiger partial charge < -0.3 is 50.0 Å². The van der Waals surface area contributed by atoms with E-state index in [1.54, 1.807) is 0 Å². The van der Waals surface area contributed by atoms with Gasteiger partial charge in [0.1, 0.15) is 59.4 Å². The van der Waals surface area contributed by atoms with Gasteiger partial charge in [-0.3, -0.25) is 4.79 Å². The molecule has 3 rings (SSSR count). The van der Waals surface area contributed by atoms with Crippen molar-refractivity contribution in [2.45, 2.75) is 49.8 Å². The van der Waals surface area contributed by atoms with Crippen LogP contribution in [0.3, 0.4) is 0 Å². The fraction of sp³-hybridized carbons (Fsp3) is 0.588. The van der Waals surface area contributed by atoms with Crippen molar-refractivity contribution < 1.29 is 54.8 Å². The van der Waals surface area contributed by atoms with E-state index in [-0.39, 0.29) is 5.56 Å². The molecular formula is C17H22O11. The molecule has 0 saturated carbocycles. The minimum Gasteiger partial charge on any atom is -0.507 e. The first-order chi connectivity index (χ1) is 13.2. The number of aliphatic hydroxyl groups excluding tert-OH is 4. The molecule has 156 valence electrons. The average molecular weight is 402 g/mol. The molecule has 7 unspecified atom stereocenters. The first kappa shape index (κ1) is 20.7. The molecule has 2 aliphatic rings. The Balaban J connectivity index is 2.01. The monoisotopic (exact) mass is 402 g/mol. The van der Waals surface area contributed by atoms with Gasteiger partial charge in [-0.2, -0.15) is 0 Å². The molecule has 7 atom stereocenters. The maximum atomic E-state index is 11.7. The molecule has 0 aromatic heterocycles. The zero-order valence-corrected chi connectivity index (χ0v) is 14.8. The quantitative estimate of drug-likeness (QED) is 0.283. The van der Waals surface area contributed by atoms with Gasteiger partial charge in [-0.1, -0.05) is 0 Å². The first-order valence-electron chi connectivity index (χ1n) is 8.54. The number of carbonyl (C=O) groups is 1. The van der Waals surface area contributed by atoms with Gasteiger partial charge in [0.05, 0.1) is 18.8 Å². The number of Topliss-reactive ketones (excluding diaryl/α,β-unsaturated/α-hetero) is 1. The number of benzene rings is 1. The van der Waals surface area contributed by atoms with E-state index in [2.05, 4.69) is 0 Å². The Hall–Kier alpha value is -1.99. The van der Waals surface area contributed by atoms with Crippen LogP contribution in [0.1, 0.15) is 28.9 Å². The fourth-order valence-electron chi connectivity index (χ4n) is 3.49. The van der Waals surface area contributed by atoms with Crippen LogP contribution >= 0.6 is 0 Å². The van der Waals surface area contributed by atoms with E-state index in [9.17, 15) is 40.5 Å². The lowest BCUT2D eigenvalue weighted by Crippen LogP contribution is -2.63. The second-order valence-electron chi connectivity index (χ2n) is 6.69. The molecule has 28 heavy (non-hydrogen) atoms. The predicted octanol–water partition coefficient (Wildman–Crippen LogP) is -1.74. The maximum absolute atomic E-state index is 11.7. The van der Waals surface area contributed by atoms with Crippen molar-refractivity contribution in [3.8, 4) is 17.2 Å². The number of aromatic hydroxyl groups is 3. The van der Waals surface area contributed by atoms with Gasteiger partial charge in [-0.05, 0) is 6.92 Å². The van der Waals surface area contributed by atoms with E-state index < -0.39 is 84.7 Å². The Bertz CT molecular complexity index is 751. The van der Waals surface area contributed by atoms with Crippen molar-refractivity contribution in [3.05, 3.63) is 17.2 Å². The second kappa shape index (κ2) is 7.79. The standard InChI is InChI=1S/C17H22O11/c1-5(20)10-6(21)2-7(22)11(13(10)24)15-9(4-19)26-16-14(25)12(23)8(3-18)27-17(16)28-15/h2,8-9,12,14-19,21-25H,3-4H2,1H3. The lowest BCUT2D eigenvalue weighted by Gasteiger charge is -2.48. The third-order valence-electron chi connectivity index (χ3n) is 4.89. The Morgan fingerprint density at radius 2 is 1.61 bits per heavy atom. The topological polar surface area (TPSA) is 186 Å². The van der Waals surface area contributed by atoms with Crippen LogP contribution in [0.4, 0.5) is 0 Å². The fourth-order valence-corrected chi connectivity index (χ4v) is 3.49. The molecule has 0 radical (unpaired) electrons. The van der Waals surface area contributed by atoms with E-state index in [0.717, 1.165) is 13.0 Å². The highest BCUT2D eigenvalue weighted by molar-refractivity contribution is 6.00. The molecule has 11 heteroatoms. The summed E-state index contributed by atoms with van der Waals surface area (Å²) in [6.45, 7) is -0.195. The molecule has 11 nitrogen and oxygen atoms in total. The third-order valence-corrected chi connectivity index (χ3v) is 4.89. The summed E-state index contributed by atoms with van der Waals surface area (Å²) < 4.78 is 16.6. The van der Waals surface area contributed by atoms with Crippen LogP contribution < -0.4 is 0 Å². The second-order valence-corrected chi connectivity index (χ2v) is 6.69. The van der Waals surface area contributed by atoms with Gasteiger partial charge in [0.2, 0.25) is 0 Å². The molecule has 2 aliphatic heterocycles. The summed E-state index contributed by atoms with van der Waals surface area (Å²) in [7, 11) is 0. The smallest absolute Gasteiger partial charge is 0.187 e. The van der Waals surface area contributed by atoms with Crippen LogP contribution in [0.15, 0.2) is 6.07 Å².